The van der Waals surface area contributed by atoms with E-state index in [1.807, 2.05) is 36.4 Å². The van der Waals surface area contributed by atoms with E-state index in [4.69, 9.17) is 14.6 Å². The van der Waals surface area contributed by atoms with Crippen molar-refractivity contribution in [2.75, 3.05) is 25.1 Å². The van der Waals surface area contributed by atoms with Gasteiger partial charge in [-0.1, -0.05) is 48.5 Å². The molecule has 10 nitrogen and oxygen atoms in total. The van der Waals surface area contributed by atoms with Crippen molar-refractivity contribution < 1.29 is 29.0 Å². The highest BCUT2D eigenvalue weighted by molar-refractivity contribution is 5.94. The monoisotopic (exact) mass is 476 g/mol. The minimum Gasteiger partial charge on any atom is -0.479 e. The molecule has 180 valence electrons. The molecule has 0 radical (unpaired) electrons. The highest BCUT2D eigenvalue weighted by atomic mass is 16.5. The van der Waals surface area contributed by atoms with Crippen LogP contribution in [0.4, 0.5) is 10.6 Å². The number of benzene rings is 2. The van der Waals surface area contributed by atoms with Crippen LogP contribution in [0.2, 0.25) is 0 Å². The predicted molar refractivity (Wildman–Crippen MR) is 125 cm³/mol. The van der Waals surface area contributed by atoms with Gasteiger partial charge >= 0.3 is 12.1 Å². The first-order chi connectivity index (χ1) is 17.0. The fourth-order valence-corrected chi connectivity index (χ4v) is 4.68. The Kier molecular flexibility index (Phi) is 6.19. The number of aromatic nitrogens is 2. The van der Waals surface area contributed by atoms with E-state index < -0.39 is 24.1 Å². The molecule has 0 bridgehead atoms. The Hall–Kier alpha value is -4.18. The summed E-state index contributed by atoms with van der Waals surface area (Å²) in [5, 5.41) is 20.9. The van der Waals surface area contributed by atoms with E-state index in [2.05, 4.69) is 33.0 Å². The summed E-state index contributed by atoms with van der Waals surface area (Å²) in [5.41, 5.74) is 4.62. The van der Waals surface area contributed by atoms with Crippen LogP contribution in [0.5, 0.6) is 0 Å². The number of ether oxygens (including phenoxy) is 2. The number of hydrogen-bond acceptors (Lipinski definition) is 6. The molecular formula is C25H24N4O6. The summed E-state index contributed by atoms with van der Waals surface area (Å²) in [4.78, 5) is 36.0. The number of nitrogens with zero attached hydrogens (tertiary/aromatic N) is 1. The van der Waals surface area contributed by atoms with Crippen molar-refractivity contribution in [2.24, 2.45) is 5.92 Å². The second-order valence-corrected chi connectivity index (χ2v) is 8.51. The number of aromatic amines is 1. The fraction of sp³-hybridized carbons (Fsp3) is 0.280. The molecule has 1 aromatic heterocycles. The molecule has 0 spiro atoms. The largest absolute Gasteiger partial charge is 0.479 e. The first kappa shape index (κ1) is 22.6. The molecule has 4 N–H and O–H groups in total. The number of anilines is 1. The Morgan fingerprint density at radius 3 is 2.46 bits per heavy atom. The summed E-state index contributed by atoms with van der Waals surface area (Å²) in [5.74, 6) is -1.74. The zero-order chi connectivity index (χ0) is 24.4. The first-order valence-corrected chi connectivity index (χ1v) is 11.3. The molecule has 2 unspecified atom stereocenters. The molecule has 35 heavy (non-hydrogen) atoms. The van der Waals surface area contributed by atoms with Gasteiger partial charge in [-0.05, 0) is 28.7 Å². The standard InChI is InChI=1S/C25H24N4O6/c30-23(26-12-14-9-10-34-22(14)24(31)32)20-11-21(29-28-20)27-25(33)35-13-19-17-7-3-1-5-15(17)16-6-2-4-8-18(16)19/h1-8,11,14,19,22H,9-10,12-13H2,(H,26,30)(H,31,32)(H2,27,28,29,33). The molecule has 0 saturated carbocycles. The van der Waals surface area contributed by atoms with E-state index in [0.717, 1.165) is 22.3 Å². The third kappa shape index (κ3) is 4.60. The third-order valence-electron chi connectivity index (χ3n) is 6.38. The number of nitrogens with one attached hydrogen (secondary N) is 3. The van der Waals surface area contributed by atoms with Gasteiger partial charge in [0.05, 0.1) is 0 Å². The van der Waals surface area contributed by atoms with Crippen LogP contribution in [0, 0.1) is 5.92 Å². The summed E-state index contributed by atoms with van der Waals surface area (Å²) < 4.78 is 10.7. The van der Waals surface area contributed by atoms with Crippen molar-refractivity contribution in [3.8, 4) is 11.1 Å². The minimum absolute atomic E-state index is 0.0668. The van der Waals surface area contributed by atoms with Crippen LogP contribution >= 0.6 is 0 Å². The zero-order valence-electron chi connectivity index (χ0n) is 18.7. The number of aliphatic carboxylic acids is 1. The van der Waals surface area contributed by atoms with Gasteiger partial charge in [-0.2, -0.15) is 5.10 Å². The minimum atomic E-state index is -1.04. The lowest BCUT2D eigenvalue weighted by Crippen LogP contribution is -2.36. The number of H-pyrrole nitrogens is 1. The quantitative estimate of drug-likeness (QED) is 0.411. The summed E-state index contributed by atoms with van der Waals surface area (Å²) >= 11 is 0. The van der Waals surface area contributed by atoms with Crippen LogP contribution in [0.3, 0.4) is 0 Å². The molecule has 2 atom stereocenters. The Balaban J connectivity index is 1.15. The van der Waals surface area contributed by atoms with Crippen molar-refractivity contribution in [3.63, 3.8) is 0 Å². The summed E-state index contributed by atoms with van der Waals surface area (Å²) in [6, 6.07) is 17.5. The summed E-state index contributed by atoms with van der Waals surface area (Å²) in [7, 11) is 0. The molecule has 10 heteroatoms. The van der Waals surface area contributed by atoms with Gasteiger partial charge in [-0.15, -0.1) is 0 Å². The summed E-state index contributed by atoms with van der Waals surface area (Å²) in [6.07, 6.45) is -1.06. The maximum atomic E-state index is 12.4. The van der Waals surface area contributed by atoms with Crippen LogP contribution in [0.1, 0.15) is 34.0 Å². The van der Waals surface area contributed by atoms with Crippen LogP contribution in [0.15, 0.2) is 54.6 Å². The Labute approximate surface area is 200 Å². The van der Waals surface area contributed by atoms with Crippen molar-refractivity contribution in [1.82, 2.24) is 15.5 Å². The van der Waals surface area contributed by atoms with E-state index in [0.29, 0.717) is 13.0 Å². The van der Waals surface area contributed by atoms with E-state index >= 15 is 0 Å². The number of carbonyl (C=O) groups excluding carboxylic acids is 2. The Morgan fingerprint density at radius 1 is 1.09 bits per heavy atom. The Morgan fingerprint density at radius 2 is 1.77 bits per heavy atom. The highest BCUT2D eigenvalue weighted by Crippen LogP contribution is 2.44. The topological polar surface area (TPSA) is 143 Å². The van der Waals surface area contributed by atoms with E-state index in [1.54, 1.807) is 0 Å². The van der Waals surface area contributed by atoms with E-state index in [9.17, 15) is 14.4 Å². The first-order valence-electron chi connectivity index (χ1n) is 11.3. The molecular weight excluding hydrogens is 452 g/mol. The number of hydrogen-bond donors (Lipinski definition) is 4. The highest BCUT2D eigenvalue weighted by Gasteiger charge is 2.34. The lowest BCUT2D eigenvalue weighted by atomic mass is 9.98. The number of carbonyl (C=O) groups is 3. The van der Waals surface area contributed by atoms with Gasteiger partial charge in [0.1, 0.15) is 12.3 Å². The molecule has 5 rings (SSSR count). The molecule has 1 aliphatic carbocycles. The fourth-order valence-electron chi connectivity index (χ4n) is 4.68. The lowest BCUT2D eigenvalue weighted by Gasteiger charge is -2.14. The molecule has 2 heterocycles. The molecule has 3 aromatic rings. The van der Waals surface area contributed by atoms with Gasteiger partial charge < -0.3 is 19.9 Å². The number of rotatable bonds is 7. The van der Waals surface area contributed by atoms with Gasteiger partial charge in [0, 0.05) is 31.1 Å². The lowest BCUT2D eigenvalue weighted by molar-refractivity contribution is -0.149. The van der Waals surface area contributed by atoms with Gasteiger partial charge in [0.2, 0.25) is 0 Å². The molecule has 2 aliphatic rings. The average molecular weight is 476 g/mol. The maximum absolute atomic E-state index is 12.4. The van der Waals surface area contributed by atoms with Crippen LogP contribution in [-0.2, 0) is 14.3 Å². The number of carboxylic acids is 1. The van der Waals surface area contributed by atoms with Gasteiger partial charge in [-0.3, -0.25) is 15.2 Å². The van der Waals surface area contributed by atoms with Crippen molar-refractivity contribution in [2.45, 2.75) is 18.4 Å². The number of amides is 2. The van der Waals surface area contributed by atoms with E-state index in [1.165, 1.54) is 6.07 Å². The number of carboxylic acid groups (broad SMARTS) is 1. The van der Waals surface area contributed by atoms with Gasteiger partial charge in [0.15, 0.2) is 11.9 Å². The SMILES string of the molecule is O=C(Nc1cc(C(=O)NCC2CCOC2C(=O)O)[nH]n1)OCC1c2ccccc2-c2ccccc21. The normalized spacial score (nSPS) is 18.5. The van der Waals surface area contributed by atoms with Crippen molar-refractivity contribution in [3.05, 3.63) is 71.4 Å². The average Bonchev–Trinajstić information content (AvgIpc) is 3.59. The molecule has 1 aliphatic heterocycles. The zero-order valence-corrected chi connectivity index (χ0v) is 18.7. The second kappa shape index (κ2) is 9.59. The van der Waals surface area contributed by atoms with Crippen LogP contribution in [0.25, 0.3) is 11.1 Å². The number of fused-ring (bicyclic) bond motifs is 3. The summed E-state index contributed by atoms with van der Waals surface area (Å²) in [6.45, 7) is 0.658. The molecule has 1 fully saturated rings. The van der Waals surface area contributed by atoms with Crippen LogP contribution < -0.4 is 10.6 Å². The molecule has 2 aromatic carbocycles. The third-order valence-corrected chi connectivity index (χ3v) is 6.38. The van der Waals surface area contributed by atoms with Gasteiger partial charge in [0.25, 0.3) is 5.91 Å². The van der Waals surface area contributed by atoms with Crippen molar-refractivity contribution in [1.29, 1.82) is 0 Å². The smallest absolute Gasteiger partial charge is 0.412 e. The second-order valence-electron chi connectivity index (χ2n) is 8.51. The predicted octanol–water partition coefficient (Wildman–Crippen LogP) is 2.99. The van der Waals surface area contributed by atoms with Gasteiger partial charge in [-0.25, -0.2) is 9.59 Å². The van der Waals surface area contributed by atoms with Crippen LogP contribution in [-0.4, -0.2) is 59.1 Å². The molecule has 2 amide bonds. The molecule has 1 saturated heterocycles. The maximum Gasteiger partial charge on any atom is 0.412 e. The van der Waals surface area contributed by atoms with E-state index in [-0.39, 0.29) is 36.5 Å². The Bertz CT molecular complexity index is 1230. The van der Waals surface area contributed by atoms with Crippen molar-refractivity contribution >= 4 is 23.8 Å².